The standard InChI is InChI=1S/C16H19N3O.2ClH/c17-13-6-1-4-11(13)10-16(20)19-15-8-2-7-14-12(15)5-3-9-18-14;;/h2-3,5,7-9,11,13H,1,4,6,10,17H2,(H,19,20);2*1H/t11-,13+;;/m0../s1. The fourth-order valence-corrected chi connectivity index (χ4v) is 2.97. The molecule has 0 saturated heterocycles. The summed E-state index contributed by atoms with van der Waals surface area (Å²) in [5, 5.41) is 3.97. The van der Waals surface area contributed by atoms with E-state index in [2.05, 4.69) is 10.3 Å². The highest BCUT2D eigenvalue weighted by atomic mass is 35.5. The lowest BCUT2D eigenvalue weighted by Gasteiger charge is -2.15. The van der Waals surface area contributed by atoms with Gasteiger partial charge in [0.25, 0.3) is 0 Å². The number of carbonyl (C=O) groups is 1. The Bertz CT molecular complexity index is 630. The number of fused-ring (bicyclic) bond motifs is 1. The molecule has 1 heterocycles. The number of anilines is 1. The van der Waals surface area contributed by atoms with Crippen molar-refractivity contribution in [1.82, 2.24) is 4.98 Å². The summed E-state index contributed by atoms with van der Waals surface area (Å²) in [4.78, 5) is 16.5. The fourth-order valence-electron chi connectivity index (χ4n) is 2.97. The fraction of sp³-hybridized carbons (Fsp3) is 0.375. The molecule has 1 aromatic carbocycles. The van der Waals surface area contributed by atoms with Gasteiger partial charge in [-0.1, -0.05) is 12.5 Å². The van der Waals surface area contributed by atoms with Crippen molar-refractivity contribution in [2.24, 2.45) is 11.7 Å². The number of nitrogens with zero attached hydrogens (tertiary/aromatic N) is 1. The Balaban J connectivity index is 0.00000121. The predicted molar refractivity (Wildman–Crippen MR) is 94.8 cm³/mol. The highest BCUT2D eigenvalue weighted by Gasteiger charge is 2.26. The van der Waals surface area contributed by atoms with Gasteiger partial charge in [-0.15, -0.1) is 24.8 Å². The van der Waals surface area contributed by atoms with Gasteiger partial charge in [0.1, 0.15) is 0 Å². The van der Waals surface area contributed by atoms with Crippen LogP contribution >= 0.6 is 24.8 Å². The Labute approximate surface area is 142 Å². The summed E-state index contributed by atoms with van der Waals surface area (Å²) in [5.41, 5.74) is 7.74. The number of nitrogens with two attached hydrogens (primary N) is 1. The van der Waals surface area contributed by atoms with E-state index < -0.39 is 0 Å². The van der Waals surface area contributed by atoms with Crippen LogP contribution in [0.3, 0.4) is 0 Å². The van der Waals surface area contributed by atoms with Gasteiger partial charge in [-0.25, -0.2) is 0 Å². The van der Waals surface area contributed by atoms with E-state index in [9.17, 15) is 4.79 Å². The Morgan fingerprint density at radius 3 is 2.77 bits per heavy atom. The first-order chi connectivity index (χ1) is 9.74. The van der Waals surface area contributed by atoms with Crippen LogP contribution in [0.1, 0.15) is 25.7 Å². The molecule has 0 bridgehead atoms. The number of nitrogens with one attached hydrogen (secondary N) is 1. The minimum Gasteiger partial charge on any atom is -0.327 e. The second-order valence-corrected chi connectivity index (χ2v) is 5.48. The Hall–Kier alpha value is -1.36. The van der Waals surface area contributed by atoms with Crippen LogP contribution in [0, 0.1) is 5.92 Å². The first kappa shape index (κ1) is 18.7. The highest BCUT2D eigenvalue weighted by Crippen LogP contribution is 2.28. The lowest BCUT2D eigenvalue weighted by atomic mass is 10.00. The summed E-state index contributed by atoms with van der Waals surface area (Å²) in [6.07, 6.45) is 5.50. The number of hydrogen-bond acceptors (Lipinski definition) is 3. The van der Waals surface area contributed by atoms with Gasteiger partial charge >= 0.3 is 0 Å². The van der Waals surface area contributed by atoms with Crippen LogP contribution in [0.5, 0.6) is 0 Å². The molecule has 1 fully saturated rings. The molecule has 3 rings (SSSR count). The van der Waals surface area contributed by atoms with E-state index >= 15 is 0 Å². The zero-order chi connectivity index (χ0) is 13.9. The van der Waals surface area contributed by atoms with Crippen molar-refractivity contribution >= 4 is 47.3 Å². The summed E-state index contributed by atoms with van der Waals surface area (Å²) in [6, 6.07) is 9.79. The maximum Gasteiger partial charge on any atom is 0.224 e. The molecular weight excluding hydrogens is 321 g/mol. The van der Waals surface area contributed by atoms with Crippen LogP contribution in [-0.4, -0.2) is 16.9 Å². The van der Waals surface area contributed by atoms with Gasteiger partial charge < -0.3 is 11.1 Å². The van der Waals surface area contributed by atoms with Crippen molar-refractivity contribution in [3.8, 4) is 0 Å². The van der Waals surface area contributed by atoms with Crippen molar-refractivity contribution < 1.29 is 4.79 Å². The first-order valence-corrected chi connectivity index (χ1v) is 7.13. The van der Waals surface area contributed by atoms with Crippen LogP contribution in [-0.2, 0) is 4.79 Å². The summed E-state index contributed by atoms with van der Waals surface area (Å²) < 4.78 is 0. The molecule has 4 nitrogen and oxygen atoms in total. The van der Waals surface area contributed by atoms with E-state index in [0.29, 0.717) is 12.3 Å². The third kappa shape index (κ3) is 4.09. The van der Waals surface area contributed by atoms with E-state index in [-0.39, 0.29) is 36.8 Å². The molecule has 1 aliphatic rings. The van der Waals surface area contributed by atoms with Gasteiger partial charge in [0, 0.05) is 24.0 Å². The number of aromatic nitrogens is 1. The van der Waals surface area contributed by atoms with Crippen molar-refractivity contribution in [3.05, 3.63) is 36.5 Å². The smallest absolute Gasteiger partial charge is 0.224 e. The van der Waals surface area contributed by atoms with Crippen molar-refractivity contribution in [3.63, 3.8) is 0 Å². The monoisotopic (exact) mass is 341 g/mol. The molecule has 22 heavy (non-hydrogen) atoms. The topological polar surface area (TPSA) is 68.0 Å². The van der Waals surface area contributed by atoms with E-state index in [1.54, 1.807) is 6.20 Å². The summed E-state index contributed by atoms with van der Waals surface area (Å²) in [7, 11) is 0. The van der Waals surface area contributed by atoms with Gasteiger partial charge in [0.2, 0.25) is 5.91 Å². The summed E-state index contributed by atoms with van der Waals surface area (Å²) in [5.74, 6) is 0.367. The van der Waals surface area contributed by atoms with Gasteiger partial charge in [0.05, 0.1) is 11.2 Å². The van der Waals surface area contributed by atoms with Crippen LogP contribution in [0.15, 0.2) is 36.5 Å². The molecule has 0 radical (unpaired) electrons. The predicted octanol–water partition coefficient (Wildman–Crippen LogP) is 3.53. The van der Waals surface area contributed by atoms with Crippen LogP contribution in [0.25, 0.3) is 10.9 Å². The van der Waals surface area contributed by atoms with Crippen LogP contribution in [0.4, 0.5) is 5.69 Å². The number of carbonyl (C=O) groups excluding carboxylic acids is 1. The number of rotatable bonds is 3. The second-order valence-electron chi connectivity index (χ2n) is 5.48. The van der Waals surface area contributed by atoms with Gasteiger partial charge in [-0.05, 0) is 43.0 Å². The lowest BCUT2D eigenvalue weighted by molar-refractivity contribution is -0.117. The number of benzene rings is 1. The Morgan fingerprint density at radius 2 is 2.05 bits per heavy atom. The molecular formula is C16H21Cl2N3O. The molecule has 1 aromatic heterocycles. The molecule has 2 aromatic rings. The number of pyridine rings is 1. The van der Waals surface area contributed by atoms with E-state index in [1.807, 2.05) is 30.3 Å². The molecule has 1 aliphatic carbocycles. The Morgan fingerprint density at radius 1 is 1.23 bits per heavy atom. The summed E-state index contributed by atoms with van der Waals surface area (Å²) in [6.45, 7) is 0. The SMILES string of the molecule is Cl.Cl.N[C@@H]1CCC[C@H]1CC(=O)Nc1cccc2ncccc12. The van der Waals surface area contributed by atoms with E-state index in [4.69, 9.17) is 5.73 Å². The molecule has 6 heteroatoms. The zero-order valence-corrected chi connectivity index (χ0v) is 13.8. The summed E-state index contributed by atoms with van der Waals surface area (Å²) >= 11 is 0. The number of halogens is 2. The normalized spacial score (nSPS) is 20.0. The second kappa shape index (κ2) is 8.32. The van der Waals surface area contributed by atoms with E-state index in [0.717, 1.165) is 35.9 Å². The molecule has 0 spiro atoms. The third-order valence-corrected chi connectivity index (χ3v) is 4.09. The zero-order valence-electron chi connectivity index (χ0n) is 12.2. The molecule has 120 valence electrons. The van der Waals surface area contributed by atoms with Crippen molar-refractivity contribution in [2.75, 3.05) is 5.32 Å². The molecule has 2 atom stereocenters. The molecule has 1 saturated carbocycles. The highest BCUT2D eigenvalue weighted by molar-refractivity contribution is 6.00. The van der Waals surface area contributed by atoms with Crippen LogP contribution < -0.4 is 11.1 Å². The third-order valence-electron chi connectivity index (χ3n) is 4.09. The quantitative estimate of drug-likeness (QED) is 0.897. The average Bonchev–Trinajstić information content (AvgIpc) is 2.85. The minimum absolute atomic E-state index is 0. The average molecular weight is 342 g/mol. The van der Waals surface area contributed by atoms with Crippen molar-refractivity contribution in [1.29, 1.82) is 0 Å². The first-order valence-electron chi connectivity index (χ1n) is 7.13. The molecule has 1 amide bonds. The van der Waals surface area contributed by atoms with Gasteiger partial charge in [0.15, 0.2) is 0 Å². The molecule has 0 unspecified atom stereocenters. The van der Waals surface area contributed by atoms with Crippen molar-refractivity contribution in [2.45, 2.75) is 31.7 Å². The molecule has 0 aliphatic heterocycles. The number of amides is 1. The van der Waals surface area contributed by atoms with Gasteiger partial charge in [-0.3, -0.25) is 9.78 Å². The van der Waals surface area contributed by atoms with E-state index in [1.165, 1.54) is 0 Å². The largest absolute Gasteiger partial charge is 0.327 e. The maximum atomic E-state index is 12.2. The van der Waals surface area contributed by atoms with Crippen LogP contribution in [0.2, 0.25) is 0 Å². The maximum absolute atomic E-state index is 12.2. The van der Waals surface area contributed by atoms with Gasteiger partial charge in [-0.2, -0.15) is 0 Å². The lowest BCUT2D eigenvalue weighted by Crippen LogP contribution is -2.28. The Kier molecular flexibility index (Phi) is 7.07. The minimum atomic E-state index is 0. The molecule has 3 N–H and O–H groups in total. The number of hydrogen-bond donors (Lipinski definition) is 2.